The Morgan fingerprint density at radius 3 is 2.31 bits per heavy atom. The number of morpholine rings is 1. The van der Waals surface area contributed by atoms with Crippen LogP contribution in [0.3, 0.4) is 0 Å². The summed E-state index contributed by atoms with van der Waals surface area (Å²) >= 11 is 0. The van der Waals surface area contributed by atoms with E-state index in [1.807, 2.05) is 26.0 Å². The van der Waals surface area contributed by atoms with Crippen LogP contribution in [-0.4, -0.2) is 64.7 Å². The first-order valence-electron chi connectivity index (χ1n) is 9.29. The van der Waals surface area contributed by atoms with Gasteiger partial charge in [0.25, 0.3) is 5.91 Å². The summed E-state index contributed by atoms with van der Waals surface area (Å²) in [5.41, 5.74) is 1.66. The number of amides is 1. The summed E-state index contributed by atoms with van der Waals surface area (Å²) in [6.45, 7) is 10.3. The monoisotopic (exact) mass is 362 g/mol. The molecule has 0 aromatic heterocycles. The second-order valence-corrected chi connectivity index (χ2v) is 7.23. The Hall–Kier alpha value is -1.92. The van der Waals surface area contributed by atoms with Crippen molar-refractivity contribution < 1.29 is 19.4 Å². The Balaban J connectivity index is 2.05. The number of hydrogen-bond donors (Lipinski definition) is 1. The van der Waals surface area contributed by atoms with Crippen LogP contribution in [0.2, 0.25) is 0 Å². The minimum atomic E-state index is -0.995. The van der Waals surface area contributed by atoms with Crippen LogP contribution in [0.15, 0.2) is 24.3 Å². The Labute approximate surface area is 155 Å². The van der Waals surface area contributed by atoms with Gasteiger partial charge in [0.15, 0.2) is 0 Å². The van der Waals surface area contributed by atoms with Crippen LogP contribution in [0.25, 0.3) is 0 Å². The van der Waals surface area contributed by atoms with Crippen molar-refractivity contribution in [3.63, 3.8) is 0 Å². The standard InChI is InChI=1S/C20H30N2O4/c1-5-14(2)22(13-19(23)24)20(25)18-8-6-17(7-9-18)12-21-10-15(3)26-16(4)11-21/h6-9,14-16H,5,10-13H2,1-4H3,(H,23,24)/t14-,15-,16+/m1/s1. The number of rotatable bonds is 7. The van der Waals surface area contributed by atoms with E-state index in [1.54, 1.807) is 12.1 Å². The average molecular weight is 362 g/mol. The second kappa shape index (κ2) is 9.14. The maximum absolute atomic E-state index is 12.7. The maximum atomic E-state index is 12.7. The Bertz CT molecular complexity index is 607. The molecule has 1 amide bonds. The number of carboxylic acids is 1. The van der Waals surface area contributed by atoms with Crippen LogP contribution < -0.4 is 0 Å². The van der Waals surface area contributed by atoms with Gasteiger partial charge in [-0.3, -0.25) is 14.5 Å². The van der Waals surface area contributed by atoms with Gasteiger partial charge in [-0.1, -0.05) is 19.1 Å². The lowest BCUT2D eigenvalue weighted by Gasteiger charge is -2.35. The van der Waals surface area contributed by atoms with Gasteiger partial charge in [-0.05, 0) is 44.9 Å². The van der Waals surface area contributed by atoms with Crippen LogP contribution in [0.5, 0.6) is 0 Å². The number of ether oxygens (including phenoxy) is 1. The van der Waals surface area contributed by atoms with Gasteiger partial charge in [0.2, 0.25) is 0 Å². The van der Waals surface area contributed by atoms with Crippen molar-refractivity contribution >= 4 is 11.9 Å². The van der Waals surface area contributed by atoms with E-state index in [0.717, 1.165) is 25.2 Å². The highest BCUT2D eigenvalue weighted by molar-refractivity contribution is 5.96. The predicted molar refractivity (Wildman–Crippen MR) is 100 cm³/mol. The molecule has 1 N–H and O–H groups in total. The number of aliphatic carboxylic acids is 1. The van der Waals surface area contributed by atoms with Crippen molar-refractivity contribution in [2.24, 2.45) is 0 Å². The van der Waals surface area contributed by atoms with Crippen LogP contribution in [0, 0.1) is 0 Å². The fourth-order valence-electron chi connectivity index (χ4n) is 3.38. The van der Waals surface area contributed by atoms with E-state index in [0.29, 0.717) is 12.0 Å². The summed E-state index contributed by atoms with van der Waals surface area (Å²) in [7, 11) is 0. The van der Waals surface area contributed by atoms with Crippen molar-refractivity contribution in [3.05, 3.63) is 35.4 Å². The van der Waals surface area contributed by atoms with Crippen molar-refractivity contribution in [2.45, 2.75) is 58.9 Å². The lowest BCUT2D eigenvalue weighted by Crippen LogP contribution is -2.44. The number of carbonyl (C=O) groups is 2. The molecule has 1 heterocycles. The molecule has 1 aromatic carbocycles. The summed E-state index contributed by atoms with van der Waals surface area (Å²) in [4.78, 5) is 27.6. The zero-order valence-electron chi connectivity index (χ0n) is 16.1. The van der Waals surface area contributed by atoms with Crippen molar-refractivity contribution in [3.8, 4) is 0 Å². The van der Waals surface area contributed by atoms with Gasteiger partial charge in [-0.15, -0.1) is 0 Å². The molecule has 0 spiro atoms. The third kappa shape index (κ3) is 5.54. The molecule has 3 atom stereocenters. The zero-order chi connectivity index (χ0) is 19.3. The minimum Gasteiger partial charge on any atom is -0.480 e. The first-order valence-corrected chi connectivity index (χ1v) is 9.29. The molecule has 1 aliphatic heterocycles. The summed E-state index contributed by atoms with van der Waals surface area (Å²) in [6, 6.07) is 7.38. The summed E-state index contributed by atoms with van der Waals surface area (Å²) < 4.78 is 5.76. The van der Waals surface area contributed by atoms with Crippen LogP contribution in [-0.2, 0) is 16.1 Å². The van der Waals surface area contributed by atoms with Gasteiger partial charge in [0, 0.05) is 31.2 Å². The lowest BCUT2D eigenvalue weighted by atomic mass is 10.1. The number of nitrogens with zero attached hydrogens (tertiary/aromatic N) is 2. The first-order chi connectivity index (χ1) is 12.3. The van der Waals surface area contributed by atoms with Gasteiger partial charge < -0.3 is 14.7 Å². The van der Waals surface area contributed by atoms with Gasteiger partial charge in [0.1, 0.15) is 6.54 Å². The zero-order valence-corrected chi connectivity index (χ0v) is 16.1. The maximum Gasteiger partial charge on any atom is 0.323 e. The van der Waals surface area contributed by atoms with Crippen molar-refractivity contribution in [1.82, 2.24) is 9.80 Å². The minimum absolute atomic E-state index is 0.116. The molecule has 0 aliphatic carbocycles. The van der Waals surface area contributed by atoms with Gasteiger partial charge in [-0.2, -0.15) is 0 Å². The largest absolute Gasteiger partial charge is 0.480 e. The van der Waals surface area contributed by atoms with Crippen LogP contribution >= 0.6 is 0 Å². The van der Waals surface area contributed by atoms with E-state index in [-0.39, 0.29) is 30.7 Å². The normalized spacial score (nSPS) is 22.0. The highest BCUT2D eigenvalue weighted by atomic mass is 16.5. The fourth-order valence-corrected chi connectivity index (χ4v) is 3.38. The molecule has 144 valence electrons. The lowest BCUT2D eigenvalue weighted by molar-refractivity contribution is -0.138. The molecular weight excluding hydrogens is 332 g/mol. The smallest absolute Gasteiger partial charge is 0.323 e. The summed E-state index contributed by atoms with van der Waals surface area (Å²) in [5, 5.41) is 9.08. The number of benzene rings is 1. The molecule has 6 heteroatoms. The van der Waals surface area contributed by atoms with Gasteiger partial charge in [0.05, 0.1) is 12.2 Å². The van der Waals surface area contributed by atoms with Crippen LogP contribution in [0.1, 0.15) is 50.0 Å². The highest BCUT2D eigenvalue weighted by Gasteiger charge is 2.24. The topological polar surface area (TPSA) is 70.1 Å². The third-order valence-electron chi connectivity index (χ3n) is 4.79. The molecule has 0 bridgehead atoms. The van der Waals surface area contributed by atoms with Crippen molar-refractivity contribution in [1.29, 1.82) is 0 Å². The van der Waals surface area contributed by atoms with Gasteiger partial charge in [-0.25, -0.2) is 0 Å². The molecule has 1 aromatic rings. The van der Waals surface area contributed by atoms with E-state index in [4.69, 9.17) is 9.84 Å². The molecule has 1 aliphatic rings. The summed E-state index contributed by atoms with van der Waals surface area (Å²) in [6.07, 6.45) is 1.16. The molecule has 1 fully saturated rings. The van der Waals surface area contributed by atoms with E-state index in [1.165, 1.54) is 4.90 Å². The number of carboxylic acid groups (broad SMARTS) is 1. The Morgan fingerprint density at radius 2 is 1.81 bits per heavy atom. The first kappa shape index (κ1) is 20.4. The number of hydrogen-bond acceptors (Lipinski definition) is 4. The van der Waals surface area contributed by atoms with E-state index < -0.39 is 5.97 Å². The fraction of sp³-hybridized carbons (Fsp3) is 0.600. The molecular formula is C20H30N2O4. The third-order valence-corrected chi connectivity index (χ3v) is 4.79. The van der Waals surface area contributed by atoms with Crippen LogP contribution in [0.4, 0.5) is 0 Å². The molecule has 6 nitrogen and oxygen atoms in total. The molecule has 0 saturated carbocycles. The Kier molecular flexibility index (Phi) is 7.17. The summed E-state index contributed by atoms with van der Waals surface area (Å²) in [5.74, 6) is -1.23. The van der Waals surface area contributed by atoms with E-state index in [9.17, 15) is 9.59 Å². The molecule has 1 saturated heterocycles. The quantitative estimate of drug-likeness (QED) is 0.807. The van der Waals surface area contributed by atoms with E-state index in [2.05, 4.69) is 18.7 Å². The van der Waals surface area contributed by atoms with E-state index >= 15 is 0 Å². The SMILES string of the molecule is CC[C@@H](C)N(CC(=O)O)C(=O)c1ccc(CN2C[C@@H](C)O[C@@H](C)C2)cc1. The van der Waals surface area contributed by atoms with Crippen molar-refractivity contribution in [2.75, 3.05) is 19.6 Å². The second-order valence-electron chi connectivity index (χ2n) is 7.23. The number of carbonyl (C=O) groups excluding carboxylic acids is 1. The predicted octanol–water partition coefficient (Wildman–Crippen LogP) is 2.62. The molecule has 0 unspecified atom stereocenters. The van der Waals surface area contributed by atoms with Gasteiger partial charge >= 0.3 is 5.97 Å². The molecule has 0 radical (unpaired) electrons. The average Bonchev–Trinajstić information content (AvgIpc) is 2.58. The Morgan fingerprint density at radius 1 is 1.23 bits per heavy atom. The highest BCUT2D eigenvalue weighted by Crippen LogP contribution is 2.16. The molecule has 26 heavy (non-hydrogen) atoms. The molecule has 2 rings (SSSR count).